The van der Waals surface area contributed by atoms with Crippen LogP contribution in [0.3, 0.4) is 0 Å². The van der Waals surface area contributed by atoms with Gasteiger partial charge in [-0.1, -0.05) is 68.2 Å². The molecule has 0 aromatic rings. The van der Waals surface area contributed by atoms with Crippen molar-refractivity contribution in [3.63, 3.8) is 0 Å². The van der Waals surface area contributed by atoms with Crippen molar-refractivity contribution in [1.29, 1.82) is 0 Å². The summed E-state index contributed by atoms with van der Waals surface area (Å²) in [4.78, 5) is 60.5. The minimum absolute atomic E-state index is 0.00236. The maximum atomic E-state index is 12.4. The van der Waals surface area contributed by atoms with Crippen molar-refractivity contribution >= 4 is 29.8 Å². The Labute approximate surface area is 506 Å². The van der Waals surface area contributed by atoms with E-state index in [0.717, 1.165) is 131 Å². The SMILES string of the molecule is CCC(C)(C)C(=O)OC12CC3CC(CC(C3)C1)C2.CCC(C)(C)C(=O)OC1CC2CC1C1CCCC21.CCC(C)(C)C(=O)OC1CC2CCC1(C)C2(C)C.CCC(C)(C)C(=O)OC1CC2CCC1C2.CCC(C)(C)C(=O)OC1CCCCC1. The molecule has 0 saturated heterocycles. The fourth-order valence-electron chi connectivity index (χ4n) is 17.4. The van der Waals surface area contributed by atoms with Gasteiger partial charge in [0.15, 0.2) is 0 Å². The Kier molecular flexibility index (Phi) is 21.7. The molecule has 0 aromatic heterocycles. The molecule has 12 rings (SSSR count). The molecule has 12 aliphatic rings. The molecule has 0 spiro atoms. The summed E-state index contributed by atoms with van der Waals surface area (Å²) in [6.07, 6.45) is 33.9. The highest BCUT2D eigenvalue weighted by Gasteiger charge is 2.63. The third-order valence-electron chi connectivity index (χ3n) is 25.8. The number of ether oxygens (including phenoxy) is 5. The number of hydrogen-bond acceptors (Lipinski definition) is 10. The van der Waals surface area contributed by atoms with Gasteiger partial charge in [0.25, 0.3) is 0 Å². The predicted octanol–water partition coefficient (Wildman–Crippen LogP) is 18.4. The van der Waals surface area contributed by atoms with E-state index < -0.39 is 0 Å². The Morgan fingerprint density at radius 3 is 1.31 bits per heavy atom. The Morgan fingerprint density at radius 2 is 0.867 bits per heavy atom. The van der Waals surface area contributed by atoms with E-state index in [-0.39, 0.29) is 92.4 Å². The van der Waals surface area contributed by atoms with Crippen LogP contribution in [-0.4, -0.2) is 59.9 Å². The van der Waals surface area contributed by atoms with Crippen molar-refractivity contribution in [2.24, 2.45) is 97.1 Å². The molecule has 0 aliphatic heterocycles. The zero-order valence-corrected chi connectivity index (χ0v) is 56.5. The topological polar surface area (TPSA) is 132 Å². The molecule has 0 heterocycles. The van der Waals surface area contributed by atoms with Gasteiger partial charge in [-0.05, 0) is 301 Å². The first-order valence-corrected chi connectivity index (χ1v) is 34.8. The van der Waals surface area contributed by atoms with E-state index in [4.69, 9.17) is 23.7 Å². The van der Waals surface area contributed by atoms with Gasteiger partial charge in [0.05, 0.1) is 27.1 Å². The second-order valence-electron chi connectivity index (χ2n) is 33.6. The van der Waals surface area contributed by atoms with E-state index in [1.54, 1.807) is 0 Å². The van der Waals surface area contributed by atoms with E-state index in [1.807, 2.05) is 90.0 Å². The first-order valence-electron chi connectivity index (χ1n) is 34.8. The van der Waals surface area contributed by atoms with Gasteiger partial charge in [-0.25, -0.2) is 0 Å². The van der Waals surface area contributed by atoms with Crippen LogP contribution >= 0.6 is 0 Å². The average molecular weight is 1160 g/mol. The lowest BCUT2D eigenvalue weighted by Crippen LogP contribution is -2.53. The van der Waals surface area contributed by atoms with Crippen LogP contribution in [-0.2, 0) is 47.7 Å². The normalized spacial score (nSPS) is 36.0. The van der Waals surface area contributed by atoms with Crippen molar-refractivity contribution in [2.75, 3.05) is 0 Å². The summed E-state index contributed by atoms with van der Waals surface area (Å²) in [5.74, 6) is 8.21. The fraction of sp³-hybridized carbons (Fsp3) is 0.932. The van der Waals surface area contributed by atoms with Crippen molar-refractivity contribution in [2.45, 2.75) is 334 Å². The molecule has 11 atom stereocenters. The van der Waals surface area contributed by atoms with Crippen LogP contribution in [0.15, 0.2) is 0 Å². The molecule has 10 heteroatoms. The second-order valence-corrected chi connectivity index (χ2v) is 33.6. The Hall–Kier alpha value is -2.65. The van der Waals surface area contributed by atoms with Crippen LogP contribution in [0.4, 0.5) is 0 Å². The van der Waals surface area contributed by atoms with Crippen LogP contribution in [0.5, 0.6) is 0 Å². The molecule has 10 bridgehead atoms. The highest BCUT2D eigenvalue weighted by atomic mass is 16.6. The van der Waals surface area contributed by atoms with Gasteiger partial charge in [0.1, 0.15) is 30.0 Å². The predicted molar refractivity (Wildman–Crippen MR) is 332 cm³/mol. The van der Waals surface area contributed by atoms with Crippen LogP contribution in [0.2, 0.25) is 0 Å². The summed E-state index contributed by atoms with van der Waals surface area (Å²) in [6.45, 7) is 37.1. The molecule has 10 nitrogen and oxygen atoms in total. The quantitative estimate of drug-likeness (QED) is 0.115. The monoisotopic (exact) mass is 1160 g/mol. The Bertz CT molecular complexity index is 2180. The molecule has 12 saturated carbocycles. The van der Waals surface area contributed by atoms with Crippen molar-refractivity contribution in [3.8, 4) is 0 Å². The van der Waals surface area contributed by atoms with Crippen LogP contribution in [0.25, 0.3) is 0 Å². The minimum Gasteiger partial charge on any atom is -0.462 e. The van der Waals surface area contributed by atoms with E-state index in [9.17, 15) is 24.0 Å². The molecule has 0 radical (unpaired) electrons. The summed E-state index contributed by atoms with van der Waals surface area (Å²) >= 11 is 0. The summed E-state index contributed by atoms with van der Waals surface area (Å²) in [5, 5.41) is 0. The molecular weight excluding hydrogens is 1040 g/mol. The van der Waals surface area contributed by atoms with Gasteiger partial charge in [-0.15, -0.1) is 0 Å². The van der Waals surface area contributed by atoms with Gasteiger partial charge in [-0.2, -0.15) is 0 Å². The standard InChI is InChI=1S/2C16H26O2.C16H28O2.C13H22O2.C12H22O2/c1-4-15(2,3)14(17)18-16-8-11-5-12(9-16)7-13(6-11)10-16;1-4-16(2,3)15(17)18-14-9-10-8-13(14)12-7-5-6-11(10)12;1-7-14(2,3)13(17)18-12-10-11-8-9-16(12,6)15(11,4)5;1-4-13(2,3)12(14)15-11-8-9-5-6-10(11)7-9;1-4-12(2,3)11(13)14-10-8-6-5-7-9-10/h11-13H,4-10H2,1-3H3;10-14H,4-9H2,1-3H3;11-12H,7-10H2,1-6H3;9-11H,4-8H2,1-3H3;10H,4-9H2,1-3H3. The first kappa shape index (κ1) is 67.9. The smallest absolute Gasteiger partial charge is 0.312 e. The van der Waals surface area contributed by atoms with E-state index in [0.29, 0.717) is 17.3 Å². The zero-order valence-electron chi connectivity index (χ0n) is 56.5. The molecule has 0 amide bonds. The second kappa shape index (κ2) is 26.6. The zero-order chi connectivity index (χ0) is 61.3. The number of carbonyl (C=O) groups is 5. The lowest BCUT2D eigenvalue weighted by atomic mass is 9.54. The average Bonchev–Trinajstić information content (AvgIpc) is 2.18. The lowest BCUT2D eigenvalue weighted by molar-refractivity contribution is -0.196. The molecule has 83 heavy (non-hydrogen) atoms. The van der Waals surface area contributed by atoms with E-state index >= 15 is 0 Å². The third kappa shape index (κ3) is 15.3. The largest absolute Gasteiger partial charge is 0.462 e. The highest BCUT2D eigenvalue weighted by Crippen LogP contribution is 2.67. The highest BCUT2D eigenvalue weighted by molar-refractivity contribution is 5.78. The number of hydrogen-bond donors (Lipinski definition) is 0. The first-order chi connectivity index (χ1) is 38.7. The summed E-state index contributed by atoms with van der Waals surface area (Å²) in [5.41, 5.74) is -1.16. The van der Waals surface area contributed by atoms with Crippen LogP contribution in [0, 0.1) is 97.1 Å². The maximum absolute atomic E-state index is 12.4. The summed E-state index contributed by atoms with van der Waals surface area (Å²) in [6, 6.07) is 0. The number of rotatable bonds is 15. The molecule has 0 N–H and O–H groups in total. The third-order valence-corrected chi connectivity index (χ3v) is 25.8. The van der Waals surface area contributed by atoms with Crippen LogP contribution in [0.1, 0.15) is 304 Å². The lowest BCUT2D eigenvalue weighted by Gasteiger charge is -2.56. The van der Waals surface area contributed by atoms with Gasteiger partial charge in [-0.3, -0.25) is 24.0 Å². The van der Waals surface area contributed by atoms with Gasteiger partial charge in [0.2, 0.25) is 0 Å². The number of carbonyl (C=O) groups excluding carboxylic acids is 5. The van der Waals surface area contributed by atoms with Crippen molar-refractivity contribution in [3.05, 3.63) is 0 Å². The number of esters is 5. The van der Waals surface area contributed by atoms with E-state index in [2.05, 4.69) is 34.6 Å². The van der Waals surface area contributed by atoms with Crippen molar-refractivity contribution < 1.29 is 47.7 Å². The molecule has 11 unspecified atom stereocenters. The minimum atomic E-state index is -0.345. The van der Waals surface area contributed by atoms with Gasteiger partial charge in [0, 0.05) is 5.41 Å². The molecule has 12 aliphatic carbocycles. The number of fused-ring (bicyclic) bond motifs is 9. The van der Waals surface area contributed by atoms with Crippen LogP contribution < -0.4 is 0 Å². The summed E-state index contributed by atoms with van der Waals surface area (Å²) < 4.78 is 29.0. The maximum Gasteiger partial charge on any atom is 0.312 e. The summed E-state index contributed by atoms with van der Waals surface area (Å²) in [7, 11) is 0. The van der Waals surface area contributed by atoms with Crippen molar-refractivity contribution in [1.82, 2.24) is 0 Å². The Balaban J connectivity index is 0.000000150. The van der Waals surface area contributed by atoms with Gasteiger partial charge >= 0.3 is 29.8 Å². The van der Waals surface area contributed by atoms with Gasteiger partial charge < -0.3 is 23.7 Å². The molecule has 12 fully saturated rings. The molecule has 476 valence electrons. The van der Waals surface area contributed by atoms with E-state index in [1.165, 1.54) is 96.3 Å². The Morgan fingerprint density at radius 1 is 0.398 bits per heavy atom. The fourth-order valence-corrected chi connectivity index (χ4v) is 17.4. The molecular formula is C73H124O10. The molecule has 0 aromatic carbocycles.